The van der Waals surface area contributed by atoms with E-state index < -0.39 is 0 Å². The number of H-pyrrole nitrogens is 1. The Morgan fingerprint density at radius 3 is 3.24 bits per heavy atom. The van der Waals surface area contributed by atoms with E-state index in [1.807, 2.05) is 13.0 Å². The molecule has 86 valence electrons. The number of aromatic amines is 1. The van der Waals surface area contributed by atoms with E-state index in [9.17, 15) is 0 Å². The first-order valence-electron chi connectivity index (χ1n) is 5.26. The molecule has 0 saturated carbocycles. The van der Waals surface area contributed by atoms with Crippen LogP contribution in [0.5, 0.6) is 0 Å². The van der Waals surface area contributed by atoms with Crippen LogP contribution in [0, 0.1) is 6.92 Å². The Hall–Kier alpha value is -2.37. The summed E-state index contributed by atoms with van der Waals surface area (Å²) in [7, 11) is 0. The van der Waals surface area contributed by atoms with Gasteiger partial charge >= 0.3 is 0 Å². The molecule has 6 heteroatoms. The summed E-state index contributed by atoms with van der Waals surface area (Å²) in [6.45, 7) is 2.43. The number of rotatable bonds is 3. The number of nitrogens with zero attached hydrogens (tertiary/aromatic N) is 3. The van der Waals surface area contributed by atoms with Crippen molar-refractivity contribution in [2.45, 2.75) is 13.5 Å². The van der Waals surface area contributed by atoms with Gasteiger partial charge in [0.2, 0.25) is 5.89 Å². The fraction of sp³-hybridized carbons (Fsp3) is 0.182. The molecule has 0 spiro atoms. The van der Waals surface area contributed by atoms with Crippen LogP contribution in [0.4, 0.5) is 5.69 Å². The van der Waals surface area contributed by atoms with Crippen molar-refractivity contribution in [3.63, 3.8) is 0 Å². The molecule has 6 nitrogen and oxygen atoms in total. The molecule has 0 radical (unpaired) electrons. The highest BCUT2D eigenvalue weighted by Crippen LogP contribution is 2.18. The molecule has 3 aromatic rings. The summed E-state index contributed by atoms with van der Waals surface area (Å²) >= 11 is 0. The molecule has 3 aromatic heterocycles. The van der Waals surface area contributed by atoms with Gasteiger partial charge in [-0.2, -0.15) is 5.10 Å². The molecular weight excluding hydrogens is 218 g/mol. The minimum atomic E-state index is 0.534. The van der Waals surface area contributed by atoms with E-state index >= 15 is 0 Å². The average Bonchev–Trinajstić information content (AvgIpc) is 2.94. The maximum absolute atomic E-state index is 5.26. The van der Waals surface area contributed by atoms with Crippen molar-refractivity contribution in [1.29, 1.82) is 0 Å². The summed E-state index contributed by atoms with van der Waals surface area (Å²) in [5.41, 5.74) is 3.53. The van der Waals surface area contributed by atoms with Gasteiger partial charge in [0.25, 0.3) is 0 Å². The van der Waals surface area contributed by atoms with Gasteiger partial charge in [-0.3, -0.25) is 10.1 Å². The van der Waals surface area contributed by atoms with Gasteiger partial charge in [0, 0.05) is 6.20 Å². The normalized spacial score (nSPS) is 10.9. The van der Waals surface area contributed by atoms with Crippen LogP contribution < -0.4 is 5.32 Å². The van der Waals surface area contributed by atoms with E-state index in [-0.39, 0.29) is 0 Å². The molecule has 3 heterocycles. The van der Waals surface area contributed by atoms with Gasteiger partial charge in [-0.1, -0.05) is 0 Å². The fourth-order valence-corrected chi connectivity index (χ4v) is 1.65. The first kappa shape index (κ1) is 9.83. The largest absolute Gasteiger partial charge is 0.447 e. The Labute approximate surface area is 97.1 Å². The summed E-state index contributed by atoms with van der Waals surface area (Å²) in [4.78, 5) is 8.41. The van der Waals surface area contributed by atoms with E-state index in [4.69, 9.17) is 4.42 Å². The van der Waals surface area contributed by atoms with Crippen molar-refractivity contribution < 1.29 is 4.42 Å². The van der Waals surface area contributed by atoms with E-state index in [0.29, 0.717) is 12.4 Å². The molecule has 0 bridgehead atoms. The first-order valence-corrected chi connectivity index (χ1v) is 5.26. The average molecular weight is 229 g/mol. The van der Waals surface area contributed by atoms with Gasteiger partial charge in [0.15, 0.2) is 0 Å². The Morgan fingerprint density at radius 1 is 1.47 bits per heavy atom. The summed E-state index contributed by atoms with van der Waals surface area (Å²) in [5.74, 6) is 0.659. The number of nitrogens with one attached hydrogen (secondary N) is 2. The van der Waals surface area contributed by atoms with Gasteiger partial charge in [-0.15, -0.1) is 0 Å². The van der Waals surface area contributed by atoms with Crippen LogP contribution in [0.1, 0.15) is 11.6 Å². The van der Waals surface area contributed by atoms with Crippen molar-refractivity contribution in [2.75, 3.05) is 5.32 Å². The lowest BCUT2D eigenvalue weighted by atomic mass is 10.3. The number of oxazole rings is 1. The van der Waals surface area contributed by atoms with Crippen LogP contribution in [-0.4, -0.2) is 20.2 Å². The number of anilines is 1. The Balaban J connectivity index is 1.83. The van der Waals surface area contributed by atoms with E-state index in [1.165, 1.54) is 0 Å². The fourth-order valence-electron chi connectivity index (χ4n) is 1.65. The number of fused-ring (bicyclic) bond motifs is 1. The highest BCUT2D eigenvalue weighted by atomic mass is 16.3. The second-order valence-corrected chi connectivity index (χ2v) is 3.72. The Morgan fingerprint density at radius 2 is 2.41 bits per heavy atom. The van der Waals surface area contributed by atoms with Crippen LogP contribution in [0.25, 0.3) is 11.0 Å². The molecule has 0 fully saturated rings. The zero-order valence-electron chi connectivity index (χ0n) is 9.27. The second-order valence-electron chi connectivity index (χ2n) is 3.72. The van der Waals surface area contributed by atoms with Gasteiger partial charge in [-0.25, -0.2) is 4.98 Å². The Kier molecular flexibility index (Phi) is 2.25. The molecule has 0 aliphatic rings. The lowest BCUT2D eigenvalue weighted by molar-refractivity contribution is 0.503. The molecule has 0 atom stereocenters. The smallest absolute Gasteiger partial charge is 0.213 e. The van der Waals surface area contributed by atoms with Crippen LogP contribution in [0.3, 0.4) is 0 Å². The lowest BCUT2D eigenvalue weighted by Crippen LogP contribution is -2.00. The second kappa shape index (κ2) is 3.89. The molecule has 0 aliphatic carbocycles. The molecule has 0 aromatic carbocycles. The third-order valence-corrected chi connectivity index (χ3v) is 2.44. The maximum atomic E-state index is 5.26. The molecule has 17 heavy (non-hydrogen) atoms. The van der Waals surface area contributed by atoms with Crippen LogP contribution in [0.15, 0.2) is 29.1 Å². The molecule has 0 amide bonds. The lowest BCUT2D eigenvalue weighted by Gasteiger charge is -2.03. The standard InChI is InChI=1S/C11H11N5O/c1-7-6-17-10(15-7)5-13-8-2-3-12-9-4-14-16-11(8)9/h2-4,6H,5H2,1H3,(H,12,13)(H,14,16). The maximum Gasteiger partial charge on any atom is 0.213 e. The monoisotopic (exact) mass is 229 g/mol. The third-order valence-electron chi connectivity index (χ3n) is 2.44. The minimum absolute atomic E-state index is 0.534. The molecular formula is C11H11N5O. The van der Waals surface area contributed by atoms with E-state index in [1.54, 1.807) is 18.7 Å². The summed E-state index contributed by atoms with van der Waals surface area (Å²) < 4.78 is 5.26. The number of hydrogen-bond donors (Lipinski definition) is 2. The van der Waals surface area contributed by atoms with Crippen LogP contribution >= 0.6 is 0 Å². The summed E-state index contributed by atoms with van der Waals surface area (Å²) in [5, 5.41) is 10.1. The molecule has 0 aliphatic heterocycles. The van der Waals surface area contributed by atoms with Crippen LogP contribution in [0.2, 0.25) is 0 Å². The summed E-state index contributed by atoms with van der Waals surface area (Å²) in [6.07, 6.45) is 5.06. The number of hydrogen-bond acceptors (Lipinski definition) is 5. The highest BCUT2D eigenvalue weighted by Gasteiger charge is 2.05. The minimum Gasteiger partial charge on any atom is -0.447 e. The van der Waals surface area contributed by atoms with Crippen LogP contribution in [-0.2, 0) is 6.54 Å². The predicted molar refractivity (Wildman–Crippen MR) is 62.5 cm³/mol. The van der Waals surface area contributed by atoms with Gasteiger partial charge in [-0.05, 0) is 13.0 Å². The van der Waals surface area contributed by atoms with Gasteiger partial charge < -0.3 is 9.73 Å². The zero-order valence-corrected chi connectivity index (χ0v) is 9.27. The zero-order chi connectivity index (χ0) is 11.7. The number of aromatic nitrogens is 4. The van der Waals surface area contributed by atoms with Gasteiger partial charge in [0.05, 0.1) is 24.1 Å². The predicted octanol–water partition coefficient (Wildman–Crippen LogP) is 1.87. The third kappa shape index (κ3) is 1.84. The number of pyridine rings is 1. The molecule has 0 unspecified atom stereocenters. The van der Waals surface area contributed by atoms with Crippen molar-refractivity contribution in [3.05, 3.63) is 36.3 Å². The van der Waals surface area contributed by atoms with Crippen molar-refractivity contribution >= 4 is 16.7 Å². The van der Waals surface area contributed by atoms with Gasteiger partial charge in [0.1, 0.15) is 17.3 Å². The van der Waals surface area contributed by atoms with Crippen molar-refractivity contribution in [2.24, 2.45) is 0 Å². The topological polar surface area (TPSA) is 79.6 Å². The SMILES string of the molecule is Cc1coc(CNc2ccnc3cn[nH]c23)n1. The molecule has 3 rings (SSSR count). The van der Waals surface area contributed by atoms with E-state index in [2.05, 4.69) is 25.5 Å². The Bertz CT molecular complexity index is 642. The molecule has 2 N–H and O–H groups in total. The number of aryl methyl sites for hydroxylation is 1. The highest BCUT2D eigenvalue weighted by molar-refractivity contribution is 5.86. The summed E-state index contributed by atoms with van der Waals surface area (Å²) in [6, 6.07) is 1.89. The first-order chi connectivity index (χ1) is 8.33. The quantitative estimate of drug-likeness (QED) is 0.716. The van der Waals surface area contributed by atoms with Crippen molar-refractivity contribution in [3.8, 4) is 0 Å². The van der Waals surface area contributed by atoms with Crippen molar-refractivity contribution in [1.82, 2.24) is 20.2 Å². The molecule has 0 saturated heterocycles. The van der Waals surface area contributed by atoms with E-state index in [0.717, 1.165) is 22.4 Å².